The largest absolute Gasteiger partial charge is 0.351 e. The highest BCUT2D eigenvalue weighted by atomic mass is 16.2. The number of anilines is 2. The van der Waals surface area contributed by atoms with E-state index in [0.717, 1.165) is 37.3 Å². The van der Waals surface area contributed by atoms with Gasteiger partial charge in [-0.1, -0.05) is 19.1 Å². The van der Waals surface area contributed by atoms with Gasteiger partial charge < -0.3 is 15.1 Å². The molecule has 0 aromatic heterocycles. The fraction of sp³-hybridized carbons (Fsp3) is 0.500. The first kappa shape index (κ1) is 13.9. The van der Waals surface area contributed by atoms with E-state index >= 15 is 0 Å². The Hall–Kier alpha value is -2.04. The lowest BCUT2D eigenvalue weighted by molar-refractivity contribution is -0.131. The molecule has 0 spiro atoms. The lowest BCUT2D eigenvalue weighted by atomic mass is 9.99. The van der Waals surface area contributed by atoms with Crippen LogP contribution in [0.5, 0.6) is 0 Å². The topological polar surface area (TPSA) is 52.7 Å². The fourth-order valence-corrected chi connectivity index (χ4v) is 2.97. The second-order valence-electron chi connectivity index (χ2n) is 5.98. The molecule has 0 saturated carbocycles. The summed E-state index contributed by atoms with van der Waals surface area (Å²) >= 11 is 0. The molecule has 0 atom stereocenters. The molecule has 5 heteroatoms. The maximum absolute atomic E-state index is 12.4. The highest BCUT2D eigenvalue weighted by Gasteiger charge is 2.26. The molecule has 0 unspecified atom stereocenters. The maximum Gasteiger partial charge on any atom is 0.243 e. The van der Waals surface area contributed by atoms with Crippen LogP contribution in [0.2, 0.25) is 0 Å². The van der Waals surface area contributed by atoms with Gasteiger partial charge in [0, 0.05) is 13.1 Å². The highest BCUT2D eigenvalue weighted by molar-refractivity contribution is 6.02. The van der Waals surface area contributed by atoms with Gasteiger partial charge in [-0.05, 0) is 30.9 Å². The number of nitrogens with one attached hydrogen (secondary N) is 1. The number of rotatable bonds is 2. The highest BCUT2D eigenvalue weighted by Crippen LogP contribution is 2.28. The fourth-order valence-electron chi connectivity index (χ4n) is 2.97. The number of carbonyl (C=O) groups is 2. The first-order chi connectivity index (χ1) is 10.1. The Morgan fingerprint density at radius 1 is 1.29 bits per heavy atom. The van der Waals surface area contributed by atoms with Crippen LogP contribution in [-0.4, -0.2) is 42.9 Å². The normalized spacial score (nSPS) is 19.2. The summed E-state index contributed by atoms with van der Waals surface area (Å²) < 4.78 is 0. The average molecular weight is 287 g/mol. The van der Waals surface area contributed by atoms with Crippen LogP contribution in [0.1, 0.15) is 19.8 Å². The van der Waals surface area contributed by atoms with Crippen LogP contribution in [0.3, 0.4) is 0 Å². The molecule has 5 nitrogen and oxygen atoms in total. The number of hydrogen-bond acceptors (Lipinski definition) is 3. The molecule has 0 bridgehead atoms. The van der Waals surface area contributed by atoms with Crippen molar-refractivity contribution in [2.45, 2.75) is 19.8 Å². The average Bonchev–Trinajstić information content (AvgIpc) is 2.47. The molecule has 112 valence electrons. The van der Waals surface area contributed by atoms with Crippen LogP contribution in [-0.2, 0) is 9.59 Å². The summed E-state index contributed by atoms with van der Waals surface area (Å²) in [6.07, 6.45) is 2.14. The number of nitrogens with zero attached hydrogens (tertiary/aromatic N) is 2. The monoisotopic (exact) mass is 287 g/mol. The molecule has 0 aliphatic carbocycles. The molecule has 2 amide bonds. The quantitative estimate of drug-likeness (QED) is 0.901. The van der Waals surface area contributed by atoms with Crippen molar-refractivity contribution in [1.29, 1.82) is 0 Å². The number of likely N-dealkylation sites (tertiary alicyclic amines) is 1. The zero-order chi connectivity index (χ0) is 14.8. The zero-order valence-electron chi connectivity index (χ0n) is 12.3. The molecule has 1 saturated heterocycles. The molecule has 2 aliphatic heterocycles. The number of piperidine rings is 1. The van der Waals surface area contributed by atoms with Crippen LogP contribution in [0, 0.1) is 5.92 Å². The zero-order valence-corrected chi connectivity index (χ0v) is 12.3. The van der Waals surface area contributed by atoms with Crippen molar-refractivity contribution >= 4 is 23.2 Å². The van der Waals surface area contributed by atoms with Crippen molar-refractivity contribution in [3.63, 3.8) is 0 Å². The lowest BCUT2D eigenvalue weighted by Gasteiger charge is -2.34. The summed E-state index contributed by atoms with van der Waals surface area (Å²) in [7, 11) is 0. The first-order valence-electron chi connectivity index (χ1n) is 7.55. The number of amides is 2. The van der Waals surface area contributed by atoms with E-state index in [1.54, 1.807) is 0 Å². The molecular formula is C16H21N3O2. The Kier molecular flexibility index (Phi) is 3.82. The van der Waals surface area contributed by atoms with Crippen LogP contribution in [0.25, 0.3) is 0 Å². The first-order valence-corrected chi connectivity index (χ1v) is 7.55. The lowest BCUT2D eigenvalue weighted by Crippen LogP contribution is -2.47. The summed E-state index contributed by atoms with van der Waals surface area (Å²) in [5, 5.41) is 2.84. The summed E-state index contributed by atoms with van der Waals surface area (Å²) in [6.45, 7) is 4.42. The van der Waals surface area contributed by atoms with Crippen LogP contribution in [0.4, 0.5) is 11.4 Å². The number of fused-ring (bicyclic) bond motifs is 1. The molecule has 2 aliphatic rings. The summed E-state index contributed by atoms with van der Waals surface area (Å²) in [5.41, 5.74) is 1.71. The second-order valence-corrected chi connectivity index (χ2v) is 5.98. The van der Waals surface area contributed by atoms with Gasteiger partial charge in [-0.25, -0.2) is 0 Å². The molecule has 1 N–H and O–H groups in total. The molecule has 1 aromatic rings. The number of benzene rings is 1. The van der Waals surface area contributed by atoms with E-state index in [4.69, 9.17) is 0 Å². The minimum atomic E-state index is -0.0613. The Morgan fingerprint density at radius 3 is 2.76 bits per heavy atom. The van der Waals surface area contributed by atoms with Crippen molar-refractivity contribution in [3.05, 3.63) is 24.3 Å². The SMILES string of the molecule is CC1CCN(C(=O)CN2CC(=O)Nc3ccccc32)CC1. The van der Waals surface area contributed by atoms with Crippen LogP contribution in [0.15, 0.2) is 24.3 Å². The van der Waals surface area contributed by atoms with Gasteiger partial charge in [0.05, 0.1) is 24.5 Å². The van der Waals surface area contributed by atoms with E-state index < -0.39 is 0 Å². The molecule has 1 fully saturated rings. The smallest absolute Gasteiger partial charge is 0.243 e. The van der Waals surface area contributed by atoms with Crippen molar-refractivity contribution in [2.24, 2.45) is 5.92 Å². The van der Waals surface area contributed by atoms with Gasteiger partial charge in [-0.15, -0.1) is 0 Å². The van der Waals surface area contributed by atoms with Gasteiger partial charge in [0.15, 0.2) is 0 Å². The van der Waals surface area contributed by atoms with Gasteiger partial charge in [-0.2, -0.15) is 0 Å². The third-order valence-electron chi connectivity index (χ3n) is 4.32. The van der Waals surface area contributed by atoms with Crippen molar-refractivity contribution in [2.75, 3.05) is 36.4 Å². The molecular weight excluding hydrogens is 266 g/mol. The predicted molar refractivity (Wildman–Crippen MR) is 82.3 cm³/mol. The maximum atomic E-state index is 12.4. The number of hydrogen-bond donors (Lipinski definition) is 1. The minimum Gasteiger partial charge on any atom is -0.351 e. The Morgan fingerprint density at radius 2 is 2.00 bits per heavy atom. The van der Waals surface area contributed by atoms with Crippen LogP contribution >= 0.6 is 0 Å². The molecule has 21 heavy (non-hydrogen) atoms. The summed E-state index contributed by atoms with van der Waals surface area (Å²) in [6, 6.07) is 7.62. The predicted octanol–water partition coefficient (Wildman–Crippen LogP) is 1.70. The van der Waals surface area contributed by atoms with E-state index in [0.29, 0.717) is 5.92 Å². The molecule has 0 radical (unpaired) electrons. The van der Waals surface area contributed by atoms with Gasteiger partial charge >= 0.3 is 0 Å². The summed E-state index contributed by atoms with van der Waals surface area (Å²) in [5.74, 6) is 0.760. The molecule has 2 heterocycles. The van der Waals surface area contributed by atoms with Gasteiger partial charge in [0.1, 0.15) is 0 Å². The van der Waals surface area contributed by atoms with Gasteiger partial charge in [0.2, 0.25) is 11.8 Å². The minimum absolute atomic E-state index is 0.0613. The van der Waals surface area contributed by atoms with Gasteiger partial charge in [0.25, 0.3) is 0 Å². The third-order valence-corrected chi connectivity index (χ3v) is 4.32. The molecule has 3 rings (SSSR count). The summed E-state index contributed by atoms with van der Waals surface area (Å²) in [4.78, 5) is 28.0. The van der Waals surface area contributed by atoms with E-state index in [1.165, 1.54) is 0 Å². The van der Waals surface area contributed by atoms with Crippen molar-refractivity contribution < 1.29 is 9.59 Å². The van der Waals surface area contributed by atoms with Crippen LogP contribution < -0.4 is 10.2 Å². The standard InChI is InChI=1S/C16H21N3O2/c1-12-6-8-18(9-7-12)16(21)11-19-10-15(20)17-13-4-2-3-5-14(13)19/h2-5,12H,6-11H2,1H3,(H,17,20). The van der Waals surface area contributed by atoms with E-state index in [-0.39, 0.29) is 24.9 Å². The third kappa shape index (κ3) is 3.01. The number of para-hydroxylation sites is 2. The van der Waals surface area contributed by atoms with Crippen molar-refractivity contribution in [3.8, 4) is 0 Å². The Balaban J connectivity index is 1.70. The second kappa shape index (κ2) is 5.76. The van der Waals surface area contributed by atoms with Gasteiger partial charge in [-0.3, -0.25) is 9.59 Å². The van der Waals surface area contributed by atoms with E-state index in [2.05, 4.69) is 12.2 Å². The van der Waals surface area contributed by atoms with Crippen molar-refractivity contribution in [1.82, 2.24) is 4.90 Å². The number of carbonyl (C=O) groups excluding carboxylic acids is 2. The van der Waals surface area contributed by atoms with E-state index in [1.807, 2.05) is 34.1 Å². The van der Waals surface area contributed by atoms with E-state index in [9.17, 15) is 9.59 Å². The molecule has 1 aromatic carbocycles. The Labute approximate surface area is 124 Å². The Bertz CT molecular complexity index is 550.